The van der Waals surface area contributed by atoms with Crippen molar-refractivity contribution < 1.29 is 48.2 Å². The van der Waals surface area contributed by atoms with Crippen molar-refractivity contribution in [2.45, 2.75) is 130 Å². The minimum absolute atomic E-state index is 0.0121. The lowest BCUT2D eigenvalue weighted by molar-refractivity contribution is -0.784. The van der Waals surface area contributed by atoms with Gasteiger partial charge in [0.1, 0.15) is 35.4 Å². The fraction of sp³-hybridized carbons (Fsp3) is 0.600. The number of rotatable bonds is 16. The van der Waals surface area contributed by atoms with E-state index in [0.29, 0.717) is 16.7 Å². The van der Waals surface area contributed by atoms with Crippen LogP contribution in [0.1, 0.15) is 87.6 Å². The number of nitrogens with zero attached hydrogens (tertiary/aromatic N) is 2. The summed E-state index contributed by atoms with van der Waals surface area (Å²) >= 11 is 0. The van der Waals surface area contributed by atoms with Crippen molar-refractivity contribution in [2.75, 3.05) is 0 Å². The first-order valence-corrected chi connectivity index (χ1v) is 16.5. The molecule has 0 bridgehead atoms. The monoisotopic (exact) mass is 701 g/mol. The Morgan fingerprint density at radius 2 is 1.36 bits per heavy atom. The van der Waals surface area contributed by atoms with E-state index in [1.54, 1.807) is 84.9 Å². The maximum absolute atomic E-state index is 13.6. The Balaban J connectivity index is 3.28. The number of nitriles is 1. The number of hydrogen-bond donors (Lipinski definition) is 5. The third-order valence-electron chi connectivity index (χ3n) is 7.23. The summed E-state index contributed by atoms with van der Waals surface area (Å²) in [6.07, 6.45) is 0.658. The molecular weight excluding hydrogens is 648 g/mol. The molecule has 0 aromatic heterocycles. The van der Waals surface area contributed by atoms with E-state index in [2.05, 4.69) is 21.3 Å². The number of hydroxylamine groups is 1. The summed E-state index contributed by atoms with van der Waals surface area (Å²) in [5, 5.41) is 28.9. The Hall–Kier alpha value is -5.00. The highest BCUT2D eigenvalue weighted by molar-refractivity contribution is 5.96. The number of carbonyl (C=O) groups excluding carboxylic acids is 6. The molecule has 1 aromatic rings. The topological polar surface area (TPSA) is 216 Å². The Morgan fingerprint density at radius 3 is 1.88 bits per heavy atom. The van der Waals surface area contributed by atoms with Crippen molar-refractivity contribution in [3.8, 4) is 6.07 Å². The average Bonchev–Trinajstić information content (AvgIpc) is 3.00. The van der Waals surface area contributed by atoms with Crippen LogP contribution >= 0.6 is 0 Å². The van der Waals surface area contributed by atoms with Crippen molar-refractivity contribution in [1.29, 1.82) is 5.26 Å². The van der Waals surface area contributed by atoms with E-state index in [0.717, 1.165) is 6.21 Å². The zero-order valence-corrected chi connectivity index (χ0v) is 30.7. The maximum atomic E-state index is 13.6. The van der Waals surface area contributed by atoms with Crippen LogP contribution in [0.3, 0.4) is 0 Å². The van der Waals surface area contributed by atoms with Crippen LogP contribution in [0.2, 0.25) is 0 Å². The molecule has 50 heavy (non-hydrogen) atoms. The van der Waals surface area contributed by atoms with Crippen LogP contribution < -0.4 is 21.3 Å². The Morgan fingerprint density at radius 1 is 0.820 bits per heavy atom. The van der Waals surface area contributed by atoms with E-state index in [1.165, 1.54) is 13.8 Å². The van der Waals surface area contributed by atoms with Gasteiger partial charge in [0.2, 0.25) is 17.7 Å². The molecule has 0 heterocycles. The van der Waals surface area contributed by atoms with Gasteiger partial charge in [-0.1, -0.05) is 50.6 Å². The molecule has 0 fully saturated rings. The van der Waals surface area contributed by atoms with Crippen molar-refractivity contribution in [3.63, 3.8) is 0 Å². The largest absolute Gasteiger partial charge is 0.460 e. The standard InChI is InChI=1S/C35H52N6O9/c1-11-21(2)28(33(47)50-35(8,9)10)40-32(46)26(20-27(42)49-34(5,6)7)38-29(43)22(3)37-31(45)25(19-24-15-13-12-14-16-24)39-30(44)23(4)41(48)18-17-36/h12-16,18,21-23,25-26,28H,11,19-20H2,1-10H3,(H4-,37,38,39,40,43,44,45,46,48)/p+1/t21?,22-,23-,25-,26-,28-/m0/s1. The first-order valence-electron chi connectivity index (χ1n) is 16.5. The SMILES string of the molecule is CCC(C)[C@H](NC(=O)[C@H](CC(=O)OC(C)(C)C)NC(=O)[C@H](C)NC(=O)[C@H](Cc1ccccc1)NC(=O)[C@H](C)[N+](O)=CC#N)C(=O)OC(C)(C)C. The van der Waals surface area contributed by atoms with Gasteiger partial charge in [0.05, 0.1) is 6.42 Å². The molecule has 0 aliphatic heterocycles. The van der Waals surface area contributed by atoms with Crippen molar-refractivity contribution in [2.24, 2.45) is 5.92 Å². The zero-order chi connectivity index (χ0) is 38.4. The molecule has 15 heteroatoms. The third-order valence-corrected chi connectivity index (χ3v) is 7.23. The molecule has 4 amide bonds. The van der Waals surface area contributed by atoms with Gasteiger partial charge in [0.15, 0.2) is 6.07 Å². The summed E-state index contributed by atoms with van der Waals surface area (Å²) in [5.74, 6) is -5.06. The Kier molecular flexibility index (Phi) is 16.6. The van der Waals surface area contributed by atoms with Gasteiger partial charge >= 0.3 is 11.9 Å². The quantitative estimate of drug-likeness (QED) is 0.0553. The van der Waals surface area contributed by atoms with Crippen molar-refractivity contribution >= 4 is 41.8 Å². The van der Waals surface area contributed by atoms with E-state index < -0.39 is 83.4 Å². The molecule has 0 aliphatic rings. The number of esters is 2. The minimum Gasteiger partial charge on any atom is -0.460 e. The molecule has 0 saturated heterocycles. The fourth-order valence-corrected chi connectivity index (χ4v) is 4.37. The zero-order valence-electron chi connectivity index (χ0n) is 30.7. The molecule has 15 nitrogen and oxygen atoms in total. The number of amides is 4. The molecule has 1 rings (SSSR count). The molecule has 5 N–H and O–H groups in total. The summed E-state index contributed by atoms with van der Waals surface area (Å²) in [6, 6.07) is 4.01. The van der Waals surface area contributed by atoms with Gasteiger partial charge in [0.25, 0.3) is 18.2 Å². The van der Waals surface area contributed by atoms with E-state index in [1.807, 2.05) is 6.92 Å². The van der Waals surface area contributed by atoms with E-state index >= 15 is 0 Å². The molecule has 0 saturated carbocycles. The van der Waals surface area contributed by atoms with Crippen molar-refractivity contribution in [3.05, 3.63) is 35.9 Å². The van der Waals surface area contributed by atoms with Crippen molar-refractivity contribution in [1.82, 2.24) is 21.3 Å². The summed E-state index contributed by atoms with van der Waals surface area (Å²) in [5.41, 5.74) is -1.06. The van der Waals surface area contributed by atoms with Crippen LogP contribution in [0.5, 0.6) is 0 Å². The summed E-state index contributed by atoms with van der Waals surface area (Å²) in [7, 11) is 0. The van der Waals surface area contributed by atoms with E-state index in [9.17, 15) is 34.0 Å². The number of benzene rings is 1. The smallest absolute Gasteiger partial charge is 0.329 e. The number of ether oxygens (including phenoxy) is 2. The highest BCUT2D eigenvalue weighted by Gasteiger charge is 2.36. The first kappa shape index (κ1) is 43.0. The second-order valence-electron chi connectivity index (χ2n) is 14.1. The van der Waals surface area contributed by atoms with Gasteiger partial charge in [-0.25, -0.2) is 4.79 Å². The Labute approximate surface area is 294 Å². The van der Waals surface area contributed by atoms with Gasteiger partial charge in [-0.2, -0.15) is 5.26 Å². The average molecular weight is 702 g/mol. The highest BCUT2D eigenvalue weighted by atomic mass is 16.6. The lowest BCUT2D eigenvalue weighted by atomic mass is 9.98. The first-order chi connectivity index (χ1) is 23.1. The highest BCUT2D eigenvalue weighted by Crippen LogP contribution is 2.16. The van der Waals surface area contributed by atoms with Crippen LogP contribution in [0.25, 0.3) is 0 Å². The van der Waals surface area contributed by atoms with Gasteiger partial charge in [-0.15, -0.1) is 0 Å². The molecule has 276 valence electrons. The normalized spacial score (nSPS) is 15.4. The van der Waals surface area contributed by atoms with Gasteiger partial charge in [-0.3, -0.25) is 29.2 Å². The van der Waals surface area contributed by atoms with E-state index in [-0.39, 0.29) is 12.3 Å². The van der Waals surface area contributed by atoms with Gasteiger partial charge < -0.3 is 30.7 Å². The predicted octanol–water partition coefficient (Wildman–Crippen LogP) is 1.69. The summed E-state index contributed by atoms with van der Waals surface area (Å²) < 4.78 is 11.3. The number of carbonyl (C=O) groups is 6. The molecule has 0 spiro atoms. The Bertz CT molecular complexity index is 1430. The predicted molar refractivity (Wildman–Crippen MR) is 182 cm³/mol. The minimum atomic E-state index is -1.50. The summed E-state index contributed by atoms with van der Waals surface area (Å²) in [6.45, 7) is 16.2. The third kappa shape index (κ3) is 15.5. The molecular formula is C35H53N6O9+. The number of nitrogens with one attached hydrogen (secondary N) is 4. The molecule has 0 aliphatic carbocycles. The summed E-state index contributed by atoms with van der Waals surface area (Å²) in [4.78, 5) is 79.2. The molecule has 1 unspecified atom stereocenters. The van der Waals surface area contributed by atoms with E-state index in [4.69, 9.17) is 14.7 Å². The molecule has 6 atom stereocenters. The van der Waals surface area contributed by atoms with Crippen LogP contribution in [-0.2, 0) is 44.7 Å². The maximum Gasteiger partial charge on any atom is 0.329 e. The molecule has 1 aromatic carbocycles. The fourth-order valence-electron chi connectivity index (χ4n) is 4.37. The molecule has 0 radical (unpaired) electrons. The second-order valence-corrected chi connectivity index (χ2v) is 14.1. The van der Waals surface area contributed by atoms with Crippen LogP contribution in [0.4, 0.5) is 0 Å². The lowest BCUT2D eigenvalue weighted by Gasteiger charge is -2.29. The van der Waals surface area contributed by atoms with Gasteiger partial charge in [-0.05, 0) is 64.7 Å². The van der Waals surface area contributed by atoms with Gasteiger partial charge in [0, 0.05) is 13.3 Å². The van der Waals surface area contributed by atoms with Crippen LogP contribution in [-0.4, -0.2) is 93.1 Å². The second kappa shape index (κ2) is 19.3. The van der Waals surface area contributed by atoms with Crippen LogP contribution in [0.15, 0.2) is 30.3 Å². The van der Waals surface area contributed by atoms with Crippen LogP contribution in [0, 0.1) is 17.2 Å². The lowest BCUT2D eigenvalue weighted by Crippen LogP contribution is -2.59. The number of hydrogen-bond acceptors (Lipinski definition) is 10.